The Labute approximate surface area is 225 Å². The fourth-order valence-electron chi connectivity index (χ4n) is 5.00. The summed E-state index contributed by atoms with van der Waals surface area (Å²) >= 11 is 0. The predicted octanol–water partition coefficient (Wildman–Crippen LogP) is 9.49. The molecule has 0 aliphatic rings. The molecule has 0 aliphatic heterocycles. The SMILES string of the molecule is CCCCCCCCCCCCCCOC(=O)C(=O)N(CC(CC)CCCC)CC(CC)CCCC. The van der Waals surface area contributed by atoms with Crippen molar-refractivity contribution >= 4 is 11.9 Å². The number of hydrogen-bond acceptors (Lipinski definition) is 3. The van der Waals surface area contributed by atoms with Crippen LogP contribution in [0.4, 0.5) is 0 Å². The third kappa shape index (κ3) is 19.1. The van der Waals surface area contributed by atoms with Gasteiger partial charge in [-0.3, -0.25) is 4.79 Å². The predicted molar refractivity (Wildman–Crippen MR) is 155 cm³/mol. The molecule has 0 aromatic carbocycles. The molecule has 4 nitrogen and oxygen atoms in total. The molecule has 0 saturated heterocycles. The maximum Gasteiger partial charge on any atom is 0.397 e. The molecule has 1 amide bonds. The largest absolute Gasteiger partial charge is 0.459 e. The molecule has 0 aromatic rings. The minimum Gasteiger partial charge on any atom is -0.459 e. The Morgan fingerprint density at radius 2 is 0.944 bits per heavy atom. The molecule has 0 spiro atoms. The first-order valence-electron chi connectivity index (χ1n) is 16.0. The second-order valence-electron chi connectivity index (χ2n) is 11.1. The average Bonchev–Trinajstić information content (AvgIpc) is 2.89. The van der Waals surface area contributed by atoms with Gasteiger partial charge in [0.05, 0.1) is 6.61 Å². The van der Waals surface area contributed by atoms with Gasteiger partial charge in [0.1, 0.15) is 0 Å². The van der Waals surface area contributed by atoms with Gasteiger partial charge in [0, 0.05) is 13.1 Å². The average molecular weight is 510 g/mol. The van der Waals surface area contributed by atoms with Gasteiger partial charge < -0.3 is 9.64 Å². The molecule has 0 saturated carbocycles. The van der Waals surface area contributed by atoms with E-state index in [1.807, 2.05) is 4.90 Å². The molecule has 0 aromatic heterocycles. The van der Waals surface area contributed by atoms with Crippen molar-refractivity contribution in [2.45, 2.75) is 163 Å². The molecule has 0 heterocycles. The van der Waals surface area contributed by atoms with Gasteiger partial charge >= 0.3 is 11.9 Å². The Balaban J connectivity index is 4.37. The summed E-state index contributed by atoms with van der Waals surface area (Å²) in [6.45, 7) is 12.8. The summed E-state index contributed by atoms with van der Waals surface area (Å²) in [5.74, 6) is -0.143. The quantitative estimate of drug-likeness (QED) is 0.0699. The zero-order valence-electron chi connectivity index (χ0n) is 25.1. The minimum atomic E-state index is -0.645. The zero-order valence-corrected chi connectivity index (χ0v) is 25.1. The summed E-state index contributed by atoms with van der Waals surface area (Å²) in [6, 6.07) is 0. The number of nitrogens with zero attached hydrogens (tertiary/aromatic N) is 1. The fraction of sp³-hybridized carbons (Fsp3) is 0.938. The maximum atomic E-state index is 13.1. The van der Waals surface area contributed by atoms with Crippen molar-refractivity contribution in [1.82, 2.24) is 4.90 Å². The number of carbonyl (C=O) groups excluding carboxylic acids is 2. The molecule has 214 valence electrons. The van der Waals surface area contributed by atoms with Crippen molar-refractivity contribution < 1.29 is 14.3 Å². The standard InChI is InChI=1S/C32H63NO3/c1-6-11-14-15-16-17-18-19-20-21-22-23-26-36-32(35)31(34)33(27-29(9-4)24-12-7-2)28-30(10-5)25-13-8-3/h29-30H,6-28H2,1-5H3. The number of amides is 1. The van der Waals surface area contributed by atoms with E-state index in [9.17, 15) is 9.59 Å². The van der Waals surface area contributed by atoms with E-state index >= 15 is 0 Å². The van der Waals surface area contributed by atoms with Crippen molar-refractivity contribution in [3.05, 3.63) is 0 Å². The van der Waals surface area contributed by atoms with E-state index < -0.39 is 11.9 Å². The van der Waals surface area contributed by atoms with Gasteiger partial charge in [0.25, 0.3) is 0 Å². The van der Waals surface area contributed by atoms with E-state index in [0.717, 1.165) is 38.5 Å². The highest BCUT2D eigenvalue weighted by Gasteiger charge is 2.27. The first kappa shape index (κ1) is 34.9. The summed E-state index contributed by atoms with van der Waals surface area (Å²) in [7, 11) is 0. The van der Waals surface area contributed by atoms with Crippen LogP contribution in [0.5, 0.6) is 0 Å². The van der Waals surface area contributed by atoms with Crippen LogP contribution in [-0.2, 0) is 14.3 Å². The molecule has 0 aliphatic carbocycles. The van der Waals surface area contributed by atoms with E-state index in [4.69, 9.17) is 4.74 Å². The van der Waals surface area contributed by atoms with Crippen LogP contribution in [0, 0.1) is 11.8 Å². The smallest absolute Gasteiger partial charge is 0.397 e. The van der Waals surface area contributed by atoms with Gasteiger partial charge in [-0.05, 0) is 31.1 Å². The Kier molecular flexibility index (Phi) is 24.8. The number of carbonyl (C=O) groups is 2. The Bertz CT molecular complexity index is 490. The van der Waals surface area contributed by atoms with Crippen LogP contribution in [0.2, 0.25) is 0 Å². The van der Waals surface area contributed by atoms with Crippen molar-refractivity contribution in [2.24, 2.45) is 11.8 Å². The summed E-state index contributed by atoms with van der Waals surface area (Å²) in [5, 5.41) is 0. The topological polar surface area (TPSA) is 46.6 Å². The second-order valence-corrected chi connectivity index (χ2v) is 11.1. The number of unbranched alkanes of at least 4 members (excludes halogenated alkanes) is 13. The van der Waals surface area contributed by atoms with E-state index in [1.54, 1.807) is 0 Å². The monoisotopic (exact) mass is 509 g/mol. The van der Waals surface area contributed by atoms with E-state index in [1.165, 1.54) is 89.9 Å². The van der Waals surface area contributed by atoms with Gasteiger partial charge in [-0.1, -0.05) is 144 Å². The Morgan fingerprint density at radius 1 is 0.556 bits per heavy atom. The molecule has 0 fully saturated rings. The number of ether oxygens (including phenoxy) is 1. The van der Waals surface area contributed by atoms with Crippen LogP contribution in [0.25, 0.3) is 0 Å². The molecule has 2 unspecified atom stereocenters. The molecule has 0 rings (SSSR count). The van der Waals surface area contributed by atoms with Crippen LogP contribution in [0.1, 0.15) is 163 Å². The lowest BCUT2D eigenvalue weighted by Gasteiger charge is -2.30. The zero-order chi connectivity index (χ0) is 26.9. The van der Waals surface area contributed by atoms with Gasteiger partial charge in [0.2, 0.25) is 0 Å². The lowest BCUT2D eigenvalue weighted by atomic mass is 9.95. The van der Waals surface area contributed by atoms with Gasteiger partial charge in [-0.15, -0.1) is 0 Å². The fourth-order valence-corrected chi connectivity index (χ4v) is 5.00. The Morgan fingerprint density at radius 3 is 1.33 bits per heavy atom. The van der Waals surface area contributed by atoms with Gasteiger partial charge in [-0.25, -0.2) is 4.79 Å². The van der Waals surface area contributed by atoms with E-state index in [0.29, 0.717) is 31.5 Å². The van der Waals surface area contributed by atoms with Crippen LogP contribution < -0.4 is 0 Å². The summed E-state index contributed by atoms with van der Waals surface area (Å²) in [6.07, 6.45) is 24.3. The number of hydrogen-bond donors (Lipinski definition) is 0. The molecule has 0 radical (unpaired) electrons. The molecule has 36 heavy (non-hydrogen) atoms. The number of rotatable bonds is 25. The second kappa shape index (κ2) is 25.6. The lowest BCUT2D eigenvalue weighted by Crippen LogP contribution is -2.43. The lowest BCUT2D eigenvalue weighted by molar-refractivity contribution is -0.161. The molecular formula is C32H63NO3. The highest BCUT2D eigenvalue weighted by molar-refractivity contribution is 6.32. The van der Waals surface area contributed by atoms with E-state index in [-0.39, 0.29) is 0 Å². The highest BCUT2D eigenvalue weighted by atomic mass is 16.5. The Hall–Kier alpha value is -1.06. The number of esters is 1. The first-order chi connectivity index (χ1) is 17.5. The maximum absolute atomic E-state index is 13.1. The normalized spacial score (nSPS) is 12.9. The van der Waals surface area contributed by atoms with Crippen LogP contribution >= 0.6 is 0 Å². The summed E-state index contributed by atoms with van der Waals surface area (Å²) < 4.78 is 5.44. The minimum absolute atomic E-state index is 0.371. The van der Waals surface area contributed by atoms with Crippen molar-refractivity contribution in [2.75, 3.05) is 19.7 Å². The highest BCUT2D eigenvalue weighted by Crippen LogP contribution is 2.19. The van der Waals surface area contributed by atoms with Crippen LogP contribution in [0.15, 0.2) is 0 Å². The third-order valence-electron chi connectivity index (χ3n) is 7.74. The molecule has 0 bridgehead atoms. The molecule has 4 heteroatoms. The summed E-state index contributed by atoms with van der Waals surface area (Å²) in [5.41, 5.74) is 0. The molecule has 0 N–H and O–H groups in total. The van der Waals surface area contributed by atoms with Crippen molar-refractivity contribution in [1.29, 1.82) is 0 Å². The van der Waals surface area contributed by atoms with Crippen LogP contribution in [-0.4, -0.2) is 36.5 Å². The first-order valence-corrected chi connectivity index (χ1v) is 16.0. The van der Waals surface area contributed by atoms with E-state index in [2.05, 4.69) is 34.6 Å². The molecule has 2 atom stereocenters. The molecular weight excluding hydrogens is 446 g/mol. The van der Waals surface area contributed by atoms with Gasteiger partial charge in [-0.2, -0.15) is 0 Å². The van der Waals surface area contributed by atoms with Crippen molar-refractivity contribution in [3.8, 4) is 0 Å². The van der Waals surface area contributed by atoms with Gasteiger partial charge in [0.15, 0.2) is 0 Å². The third-order valence-corrected chi connectivity index (χ3v) is 7.74. The van der Waals surface area contributed by atoms with Crippen molar-refractivity contribution in [3.63, 3.8) is 0 Å². The van der Waals surface area contributed by atoms with Crippen LogP contribution in [0.3, 0.4) is 0 Å². The summed E-state index contributed by atoms with van der Waals surface area (Å²) in [4.78, 5) is 27.6.